The van der Waals surface area contributed by atoms with Gasteiger partial charge in [-0.1, -0.05) is 217 Å². The number of aromatic nitrogens is 2. The number of benzene rings is 2. The summed E-state index contributed by atoms with van der Waals surface area (Å²) in [5.41, 5.74) is 8.86. The van der Waals surface area contributed by atoms with Crippen molar-refractivity contribution in [3.63, 3.8) is 0 Å². The van der Waals surface area contributed by atoms with Crippen LogP contribution < -0.4 is 35.2 Å². The van der Waals surface area contributed by atoms with Crippen molar-refractivity contribution >= 4 is 42.7 Å². The zero-order valence-corrected chi connectivity index (χ0v) is 56.8. The number of nitrogens with zero attached hydrogens (tertiary/aromatic N) is 3. The number of rotatable bonds is 6. The van der Waals surface area contributed by atoms with Crippen LogP contribution in [0.15, 0.2) is 52.8 Å². The van der Waals surface area contributed by atoms with Crippen molar-refractivity contribution in [3.8, 4) is 11.4 Å². The number of imidazole rings is 1. The van der Waals surface area contributed by atoms with E-state index >= 15 is 0 Å². The Morgan fingerprint density at radius 3 is 0.817 bits per heavy atom. The summed E-state index contributed by atoms with van der Waals surface area (Å²) in [7, 11) is 1.63. The molecule has 1 aliphatic heterocycles. The van der Waals surface area contributed by atoms with Gasteiger partial charge in [0.1, 0.15) is 0 Å². The summed E-state index contributed by atoms with van der Waals surface area (Å²) >= 11 is 2.60. The first kappa shape index (κ1) is 70.4. The van der Waals surface area contributed by atoms with E-state index in [9.17, 15) is 0 Å². The summed E-state index contributed by atoms with van der Waals surface area (Å²) in [6.07, 6.45) is 4.36. The van der Waals surface area contributed by atoms with Gasteiger partial charge in [-0.25, -0.2) is 0 Å². The molecule has 13 heteroatoms. The predicted octanol–water partition coefficient (Wildman–Crippen LogP) is 11.8. The van der Waals surface area contributed by atoms with Crippen molar-refractivity contribution in [1.29, 1.82) is 0 Å². The molecule has 0 unspecified atom stereocenters. The van der Waals surface area contributed by atoms with Gasteiger partial charge in [0, 0.05) is 12.4 Å². The maximum absolute atomic E-state index is 5.28. The van der Waals surface area contributed by atoms with Crippen LogP contribution in [-0.2, 0) is 23.7 Å². The summed E-state index contributed by atoms with van der Waals surface area (Å²) < 4.78 is 35.7. The van der Waals surface area contributed by atoms with E-state index in [0.29, 0.717) is 115 Å². The molecular weight excluding hydrogens is 953 g/mol. The second-order valence-corrected chi connectivity index (χ2v) is 38.6. The molecule has 8 nitrogen and oxygen atoms in total. The fraction of sp³-hybridized carbons (Fsp3) is 0.741. The first-order valence-electron chi connectivity index (χ1n) is 26.4. The van der Waals surface area contributed by atoms with Crippen LogP contribution >= 0.6 is 0 Å². The Kier molecular flexibility index (Phi) is 31.4. The summed E-state index contributed by atoms with van der Waals surface area (Å²) in [5.74, 6) is 1.71. The van der Waals surface area contributed by atoms with Gasteiger partial charge in [0.25, 0.3) is 0 Å². The van der Waals surface area contributed by atoms with Crippen LogP contribution in [0.2, 0.25) is 31.7 Å². The maximum Gasteiger partial charge on any atom is 1.00 e. The fourth-order valence-electron chi connectivity index (χ4n) is 10.0. The van der Waals surface area contributed by atoms with E-state index in [1.807, 2.05) is 0 Å². The Morgan fingerprint density at radius 2 is 0.690 bits per heavy atom. The molecule has 1 aliphatic rings. The average Bonchev–Trinajstić information content (AvgIpc) is 3.66. The van der Waals surface area contributed by atoms with Gasteiger partial charge in [-0.2, -0.15) is 0 Å². The molecule has 2 heterocycles. The third kappa shape index (κ3) is 21.8. The van der Waals surface area contributed by atoms with Gasteiger partial charge in [-0.15, -0.1) is 7.59 Å². The van der Waals surface area contributed by atoms with Crippen molar-refractivity contribution in [3.05, 3.63) is 76.7 Å². The standard InChI is InChI=1S/C27H36N3.C12H28Si2.C10H20O5.C9H21Si.Al.Na/c1-17(2)21-11-9-12-22(18(3)4)25(21)29-15-16-30(27(29)28)26-23(19(5)6)13-10-14-24(26)20(7)8;1-10(2,3)14(13,11(4,5)6)12(7,8)9;1-2-12-5-6-14-9-10-15-8-7-13-4-3-11-1;1-8(2,3)10(7)9(4,5)6;;/h9-20H,1-8H3;13H,1-9H3;1-10H2;1-7H3;;/q2*-1;;;2*+1. The monoisotopic (exact) mass is 1060 g/mol. The second-order valence-electron chi connectivity index (χ2n) is 25.4. The molecule has 1 fully saturated rings. The Hall–Kier alpha value is -0.567. The summed E-state index contributed by atoms with van der Waals surface area (Å²) in [6, 6.07) is 13.4. The van der Waals surface area contributed by atoms with E-state index in [0.717, 1.165) is 5.62 Å². The van der Waals surface area contributed by atoms with Gasteiger partial charge in [-0.3, -0.25) is 9.13 Å². The van der Waals surface area contributed by atoms with Crippen LogP contribution in [0.25, 0.3) is 11.4 Å². The Balaban J connectivity index is 0.00000103. The van der Waals surface area contributed by atoms with Gasteiger partial charge >= 0.3 is 46.1 Å². The Morgan fingerprint density at radius 1 is 0.479 bits per heavy atom. The van der Waals surface area contributed by atoms with Crippen molar-refractivity contribution in [2.45, 2.75) is 215 Å². The van der Waals surface area contributed by atoms with Crippen LogP contribution in [0.5, 0.6) is 0 Å². The molecule has 1 aromatic heterocycles. The van der Waals surface area contributed by atoms with Crippen LogP contribution in [-0.4, -0.2) is 118 Å². The zero-order valence-electron chi connectivity index (χ0n) is 50.5. The Bertz CT molecular complexity index is 1770. The van der Waals surface area contributed by atoms with Gasteiger partial charge in [0.2, 0.25) is 0 Å². The maximum atomic E-state index is 5.28. The van der Waals surface area contributed by atoms with Crippen molar-refractivity contribution < 1.29 is 53.2 Å². The average molecular weight is 1060 g/mol. The van der Waals surface area contributed by atoms with E-state index in [4.69, 9.17) is 27.7 Å². The Labute approximate surface area is 474 Å². The molecule has 398 valence electrons. The second kappa shape index (κ2) is 31.6. The van der Waals surface area contributed by atoms with Crippen molar-refractivity contribution in [2.75, 3.05) is 66.1 Å². The number of hydrogen-bond donors (Lipinski definition) is 0. The molecule has 0 spiro atoms. The number of hydrogen-bond acceptors (Lipinski definition) is 6. The minimum atomic E-state index is -1.44. The molecule has 4 rings (SSSR count). The number of ether oxygens (including phenoxy) is 5. The van der Waals surface area contributed by atoms with Crippen LogP contribution in [0.1, 0.15) is 205 Å². The third-order valence-corrected chi connectivity index (χ3v) is 33.4. The minimum absolute atomic E-state index is 0. The fourth-order valence-corrected chi connectivity index (χ4v) is 19.3. The van der Waals surface area contributed by atoms with Crippen molar-refractivity contribution in [1.82, 2.24) is 9.13 Å². The SMILES string of the molecule is C1COCCOCCOCCOCCO1.CC(C)(C)[Si]([SiH-])(C(C)(C)C)C(C)(C)C.CC(C)c1cccc(C(C)C)c1-n1ccn(-c2c(C(C)C)cccc2C(C)C)c1=[N][Al].C[Si](C(C)(C)C)C(C)(C)C.[Na+]. The number of para-hydroxylation sites is 2. The van der Waals surface area contributed by atoms with E-state index in [1.54, 1.807) is 0 Å². The van der Waals surface area contributed by atoms with E-state index in [1.165, 1.54) is 33.6 Å². The first-order chi connectivity index (χ1) is 32.1. The van der Waals surface area contributed by atoms with Gasteiger partial charge < -0.3 is 37.4 Å². The summed E-state index contributed by atoms with van der Waals surface area (Å²) in [6.45, 7) is 62.5. The smallest absolute Gasteiger partial charge is 0.447 e. The molecule has 2 aromatic carbocycles. The molecule has 0 amide bonds. The van der Waals surface area contributed by atoms with E-state index in [-0.39, 0.29) is 38.4 Å². The molecule has 0 saturated carbocycles. The van der Waals surface area contributed by atoms with Crippen molar-refractivity contribution in [2.24, 2.45) is 3.98 Å². The minimum Gasteiger partial charge on any atom is -0.447 e. The molecule has 1 saturated heterocycles. The zero-order chi connectivity index (χ0) is 54.1. The quantitative estimate of drug-likeness (QED) is 0.230. The molecule has 0 bridgehead atoms. The topological polar surface area (TPSA) is 68.4 Å². The van der Waals surface area contributed by atoms with Gasteiger partial charge in [0.15, 0.2) is 5.62 Å². The summed E-state index contributed by atoms with van der Waals surface area (Å²) in [4.78, 5) is 0. The van der Waals surface area contributed by atoms with E-state index in [2.05, 4.69) is 250 Å². The molecule has 0 aliphatic carbocycles. The van der Waals surface area contributed by atoms with Crippen LogP contribution in [0, 0.1) is 0 Å². The normalized spacial score (nSPS) is 15.4. The van der Waals surface area contributed by atoms with Crippen LogP contribution in [0.3, 0.4) is 0 Å². The largest absolute Gasteiger partial charge is 1.00 e. The molecule has 0 atom stereocenters. The molecule has 0 N–H and O–H groups in total. The molecule has 4 radical (unpaired) electrons. The van der Waals surface area contributed by atoms with Crippen LogP contribution in [0.4, 0.5) is 0 Å². The first-order valence-corrected chi connectivity index (χ1v) is 32.7. The molecule has 71 heavy (non-hydrogen) atoms. The van der Waals surface area contributed by atoms with E-state index < -0.39 is 7.59 Å². The third-order valence-electron chi connectivity index (χ3n) is 13.7. The van der Waals surface area contributed by atoms with Gasteiger partial charge in [-0.05, 0) is 56.0 Å². The molecule has 3 aromatic rings. The summed E-state index contributed by atoms with van der Waals surface area (Å²) in [5, 5.41) is 2.36. The molecular formula is C58H105AlN3NaO5Si3. The predicted molar refractivity (Wildman–Crippen MR) is 310 cm³/mol. The van der Waals surface area contributed by atoms with Gasteiger partial charge in [0.05, 0.1) is 86.2 Å².